The van der Waals surface area contributed by atoms with Crippen molar-refractivity contribution >= 4 is 11.8 Å². The zero-order valence-corrected chi connectivity index (χ0v) is 9.41. The third-order valence-corrected chi connectivity index (χ3v) is 2.22. The highest BCUT2D eigenvalue weighted by Gasteiger charge is 2.20. The number of aryl methyl sites for hydroxylation is 1. The monoisotopic (exact) mass is 211 g/mol. The molecule has 1 rings (SSSR count). The number of hydrogen-bond donors (Lipinski definition) is 1. The summed E-state index contributed by atoms with van der Waals surface area (Å²) >= 11 is 0. The molecule has 0 amide bonds. The number of carbonyl (C=O) groups excluding carboxylic acids is 1. The fraction of sp³-hybridized carbons (Fsp3) is 0.600. The first kappa shape index (κ1) is 11.6. The van der Waals surface area contributed by atoms with E-state index >= 15 is 0 Å². The number of carbonyl (C=O) groups is 1. The summed E-state index contributed by atoms with van der Waals surface area (Å²) in [6.07, 6.45) is 0.681. The van der Waals surface area contributed by atoms with Gasteiger partial charge in [0.1, 0.15) is 5.82 Å². The molecule has 0 saturated heterocycles. The molecule has 15 heavy (non-hydrogen) atoms. The predicted molar refractivity (Wildman–Crippen MR) is 57.6 cm³/mol. The van der Waals surface area contributed by atoms with Crippen molar-refractivity contribution in [2.24, 2.45) is 0 Å². The number of nitrogen functional groups attached to an aromatic ring is 1. The van der Waals surface area contributed by atoms with Crippen LogP contribution in [0.2, 0.25) is 0 Å². The molecule has 0 aliphatic heterocycles. The van der Waals surface area contributed by atoms with E-state index in [1.807, 2.05) is 13.8 Å². The van der Waals surface area contributed by atoms with Crippen LogP contribution in [-0.4, -0.2) is 22.4 Å². The fourth-order valence-electron chi connectivity index (χ4n) is 1.47. The molecule has 0 aromatic carbocycles. The van der Waals surface area contributed by atoms with Crippen molar-refractivity contribution in [2.45, 2.75) is 33.7 Å². The minimum absolute atomic E-state index is 0.346. The Bertz CT molecular complexity index is 358. The number of aromatic nitrogens is 2. The Morgan fingerprint density at radius 2 is 2.13 bits per heavy atom. The minimum atomic E-state index is -0.395. The molecule has 84 valence electrons. The van der Waals surface area contributed by atoms with Crippen molar-refractivity contribution in [3.63, 3.8) is 0 Å². The minimum Gasteiger partial charge on any atom is -0.461 e. The highest BCUT2D eigenvalue weighted by Crippen LogP contribution is 2.18. The topological polar surface area (TPSA) is 70.1 Å². The van der Waals surface area contributed by atoms with Crippen LogP contribution in [0.15, 0.2) is 0 Å². The van der Waals surface area contributed by atoms with Gasteiger partial charge in [0, 0.05) is 12.1 Å². The van der Waals surface area contributed by atoms with E-state index < -0.39 is 5.97 Å². The van der Waals surface area contributed by atoms with E-state index in [4.69, 9.17) is 10.5 Å². The summed E-state index contributed by atoms with van der Waals surface area (Å²) in [5, 5.41) is 4.13. The lowest BCUT2D eigenvalue weighted by Crippen LogP contribution is -2.08. The Morgan fingerprint density at radius 1 is 1.47 bits per heavy atom. The zero-order chi connectivity index (χ0) is 11.4. The Labute approximate surface area is 89.2 Å². The van der Waals surface area contributed by atoms with Crippen LogP contribution in [0.1, 0.15) is 36.8 Å². The molecule has 0 bridgehead atoms. The van der Waals surface area contributed by atoms with E-state index in [0.717, 1.165) is 5.56 Å². The average molecular weight is 211 g/mol. The molecule has 0 aliphatic carbocycles. The second kappa shape index (κ2) is 4.82. The number of nitrogens with zero attached hydrogens (tertiary/aromatic N) is 2. The predicted octanol–water partition coefficient (Wildman–Crippen LogP) is 1.22. The Hall–Kier alpha value is -1.52. The lowest BCUT2D eigenvalue weighted by Gasteiger charge is -2.00. The first-order chi connectivity index (χ1) is 7.15. The summed E-state index contributed by atoms with van der Waals surface area (Å²) in [6, 6.07) is 0. The number of nitrogens with two attached hydrogens (primary N) is 1. The summed E-state index contributed by atoms with van der Waals surface area (Å²) in [7, 11) is 0. The van der Waals surface area contributed by atoms with Gasteiger partial charge in [0.05, 0.1) is 6.61 Å². The first-order valence-electron chi connectivity index (χ1n) is 5.17. The molecule has 1 aromatic rings. The molecular weight excluding hydrogens is 194 g/mol. The molecule has 0 fully saturated rings. The standard InChI is InChI=1S/C10H17N3O2/c1-4-7-8(10(14)15-6-3)12-13(5-2)9(7)11/h4-6,11H2,1-3H3. The van der Waals surface area contributed by atoms with Crippen LogP contribution in [-0.2, 0) is 17.7 Å². The molecule has 2 N–H and O–H groups in total. The molecule has 0 radical (unpaired) electrons. The van der Waals surface area contributed by atoms with Gasteiger partial charge in [-0.15, -0.1) is 0 Å². The normalized spacial score (nSPS) is 10.3. The van der Waals surface area contributed by atoms with Gasteiger partial charge in [-0.1, -0.05) is 6.92 Å². The average Bonchev–Trinajstić information content (AvgIpc) is 2.55. The second-order valence-electron chi connectivity index (χ2n) is 3.10. The lowest BCUT2D eigenvalue weighted by atomic mass is 10.2. The maximum absolute atomic E-state index is 11.6. The van der Waals surface area contributed by atoms with Gasteiger partial charge in [-0.2, -0.15) is 5.10 Å². The molecule has 5 heteroatoms. The van der Waals surface area contributed by atoms with Gasteiger partial charge in [0.2, 0.25) is 0 Å². The highest BCUT2D eigenvalue weighted by molar-refractivity contribution is 5.90. The van der Waals surface area contributed by atoms with Crippen molar-refractivity contribution in [3.05, 3.63) is 11.3 Å². The molecule has 1 aromatic heterocycles. The Morgan fingerprint density at radius 3 is 2.60 bits per heavy atom. The zero-order valence-electron chi connectivity index (χ0n) is 9.41. The van der Waals surface area contributed by atoms with Crippen LogP contribution in [0, 0.1) is 0 Å². The lowest BCUT2D eigenvalue weighted by molar-refractivity contribution is 0.0517. The van der Waals surface area contributed by atoms with Crippen molar-refractivity contribution in [1.29, 1.82) is 0 Å². The Balaban J connectivity index is 3.11. The maximum Gasteiger partial charge on any atom is 0.359 e. The van der Waals surface area contributed by atoms with Crippen LogP contribution in [0.25, 0.3) is 0 Å². The summed E-state index contributed by atoms with van der Waals surface area (Å²) in [5.41, 5.74) is 6.97. The molecule has 0 unspecified atom stereocenters. The van der Waals surface area contributed by atoms with Crippen LogP contribution < -0.4 is 5.73 Å². The molecule has 0 spiro atoms. The molecular formula is C10H17N3O2. The Kier molecular flexibility index (Phi) is 3.71. The fourth-order valence-corrected chi connectivity index (χ4v) is 1.47. The largest absolute Gasteiger partial charge is 0.461 e. The molecule has 5 nitrogen and oxygen atoms in total. The van der Waals surface area contributed by atoms with Crippen LogP contribution in [0.3, 0.4) is 0 Å². The van der Waals surface area contributed by atoms with Gasteiger partial charge < -0.3 is 10.5 Å². The van der Waals surface area contributed by atoms with E-state index in [1.54, 1.807) is 11.6 Å². The number of rotatable bonds is 4. The maximum atomic E-state index is 11.6. The van der Waals surface area contributed by atoms with E-state index in [-0.39, 0.29) is 0 Å². The van der Waals surface area contributed by atoms with E-state index in [9.17, 15) is 4.79 Å². The summed E-state index contributed by atoms with van der Waals surface area (Å²) in [6.45, 7) is 6.64. The van der Waals surface area contributed by atoms with Gasteiger partial charge >= 0.3 is 5.97 Å². The molecule has 1 heterocycles. The smallest absolute Gasteiger partial charge is 0.359 e. The third kappa shape index (κ3) is 2.11. The SMILES string of the molecule is CCOC(=O)c1nn(CC)c(N)c1CC. The van der Waals surface area contributed by atoms with E-state index in [0.29, 0.717) is 31.1 Å². The molecule has 0 atom stereocenters. The van der Waals surface area contributed by atoms with Crippen LogP contribution in [0.5, 0.6) is 0 Å². The summed E-state index contributed by atoms with van der Waals surface area (Å²) < 4.78 is 6.53. The second-order valence-corrected chi connectivity index (χ2v) is 3.10. The van der Waals surface area contributed by atoms with Crippen molar-refractivity contribution in [1.82, 2.24) is 9.78 Å². The van der Waals surface area contributed by atoms with Gasteiger partial charge in [-0.25, -0.2) is 9.48 Å². The number of esters is 1. The first-order valence-corrected chi connectivity index (χ1v) is 5.17. The number of anilines is 1. The van der Waals surface area contributed by atoms with Crippen LogP contribution in [0.4, 0.5) is 5.82 Å². The van der Waals surface area contributed by atoms with Gasteiger partial charge in [-0.3, -0.25) is 0 Å². The quantitative estimate of drug-likeness (QED) is 0.760. The van der Waals surface area contributed by atoms with Crippen LogP contribution >= 0.6 is 0 Å². The summed E-state index contributed by atoms with van der Waals surface area (Å²) in [4.78, 5) is 11.6. The van der Waals surface area contributed by atoms with Crippen molar-refractivity contribution in [2.75, 3.05) is 12.3 Å². The molecule has 0 saturated carbocycles. The van der Waals surface area contributed by atoms with E-state index in [2.05, 4.69) is 5.10 Å². The number of hydrogen-bond acceptors (Lipinski definition) is 4. The third-order valence-electron chi connectivity index (χ3n) is 2.22. The summed E-state index contributed by atoms with van der Waals surface area (Å²) in [5.74, 6) is 0.163. The van der Waals surface area contributed by atoms with Gasteiger partial charge in [-0.05, 0) is 20.3 Å². The molecule has 0 aliphatic rings. The van der Waals surface area contributed by atoms with Crippen molar-refractivity contribution in [3.8, 4) is 0 Å². The van der Waals surface area contributed by atoms with Gasteiger partial charge in [0.15, 0.2) is 5.69 Å². The number of ether oxygens (including phenoxy) is 1. The van der Waals surface area contributed by atoms with E-state index in [1.165, 1.54) is 0 Å². The highest BCUT2D eigenvalue weighted by atomic mass is 16.5. The van der Waals surface area contributed by atoms with Gasteiger partial charge in [0.25, 0.3) is 0 Å². The van der Waals surface area contributed by atoms with Crippen molar-refractivity contribution < 1.29 is 9.53 Å².